The minimum atomic E-state index is -0.808. The number of ketones is 2. The van der Waals surface area contributed by atoms with Crippen molar-refractivity contribution in [2.24, 2.45) is 5.41 Å². The predicted molar refractivity (Wildman–Crippen MR) is 42.1 cm³/mol. The van der Waals surface area contributed by atoms with E-state index in [0.717, 1.165) is 0 Å². The van der Waals surface area contributed by atoms with Gasteiger partial charge in [-0.1, -0.05) is 0 Å². The lowest BCUT2D eigenvalue weighted by atomic mass is 9.83. The van der Waals surface area contributed by atoms with Crippen molar-refractivity contribution in [3.63, 3.8) is 0 Å². The van der Waals surface area contributed by atoms with Gasteiger partial charge in [0, 0.05) is 12.8 Å². The summed E-state index contributed by atoms with van der Waals surface area (Å²) in [5.41, 5.74) is -0.808. The lowest BCUT2D eigenvalue weighted by molar-refractivity contribution is -0.116. The molecule has 0 spiro atoms. The van der Waals surface area contributed by atoms with Crippen molar-refractivity contribution in [1.82, 2.24) is 0 Å². The zero-order valence-electron chi connectivity index (χ0n) is 6.83. The van der Waals surface area contributed by atoms with Crippen LogP contribution in [-0.4, -0.2) is 11.6 Å². The fourth-order valence-corrected chi connectivity index (χ4v) is 1.21. The first-order valence-corrected chi connectivity index (χ1v) is 3.71. The van der Waals surface area contributed by atoms with Gasteiger partial charge in [0.1, 0.15) is 0 Å². The molecule has 0 unspecified atom stereocenters. The van der Waals surface area contributed by atoms with Gasteiger partial charge in [-0.25, -0.2) is 0 Å². The fourth-order valence-electron chi connectivity index (χ4n) is 1.21. The Morgan fingerprint density at radius 3 is 2.08 bits per heavy atom. The van der Waals surface area contributed by atoms with Gasteiger partial charge in [-0.3, -0.25) is 9.59 Å². The van der Waals surface area contributed by atoms with Gasteiger partial charge in [-0.05, 0) is 19.1 Å². The highest BCUT2D eigenvalue weighted by Gasteiger charge is 2.30. The van der Waals surface area contributed by atoms with Crippen LogP contribution in [-0.2, 0) is 9.59 Å². The lowest BCUT2D eigenvalue weighted by Gasteiger charge is -2.15. The maximum absolute atomic E-state index is 11.0. The minimum Gasteiger partial charge on any atom is -0.295 e. The van der Waals surface area contributed by atoms with Gasteiger partial charge in [0.15, 0.2) is 11.6 Å². The SMILES string of the molecule is CC1(C#N)CC(=O)C=CC(=O)C1. The second kappa shape index (κ2) is 2.90. The highest BCUT2D eigenvalue weighted by Crippen LogP contribution is 2.27. The van der Waals surface area contributed by atoms with Crippen LogP contribution in [0.2, 0.25) is 0 Å². The summed E-state index contributed by atoms with van der Waals surface area (Å²) in [5, 5.41) is 8.73. The normalized spacial score (nSPS) is 21.7. The minimum absolute atomic E-state index is 0.145. The molecule has 62 valence electrons. The van der Waals surface area contributed by atoms with E-state index in [-0.39, 0.29) is 24.4 Å². The van der Waals surface area contributed by atoms with Crippen LogP contribution in [0.5, 0.6) is 0 Å². The smallest absolute Gasteiger partial charge is 0.157 e. The third kappa shape index (κ3) is 1.79. The maximum atomic E-state index is 11.0. The molecule has 12 heavy (non-hydrogen) atoms. The summed E-state index contributed by atoms with van der Waals surface area (Å²) in [6.45, 7) is 1.63. The summed E-state index contributed by atoms with van der Waals surface area (Å²) in [6.07, 6.45) is 2.80. The van der Waals surface area contributed by atoms with Crippen molar-refractivity contribution in [3.8, 4) is 6.07 Å². The molecule has 0 aromatic carbocycles. The van der Waals surface area contributed by atoms with Gasteiger partial charge < -0.3 is 0 Å². The highest BCUT2D eigenvalue weighted by atomic mass is 16.1. The summed E-state index contributed by atoms with van der Waals surface area (Å²) >= 11 is 0. The number of hydrogen-bond acceptors (Lipinski definition) is 3. The quantitative estimate of drug-likeness (QED) is 0.535. The second-order valence-electron chi connectivity index (χ2n) is 3.29. The average molecular weight is 163 g/mol. The van der Waals surface area contributed by atoms with Crippen molar-refractivity contribution < 1.29 is 9.59 Å². The molecule has 3 nitrogen and oxygen atoms in total. The summed E-state index contributed by atoms with van der Waals surface area (Å²) in [5.74, 6) is -0.296. The molecule has 0 aromatic heterocycles. The Morgan fingerprint density at radius 2 is 1.75 bits per heavy atom. The van der Waals surface area contributed by atoms with Crippen molar-refractivity contribution >= 4 is 11.6 Å². The standard InChI is InChI=1S/C9H9NO2/c1-9(6-10)4-7(11)2-3-8(12)5-9/h2-3H,4-5H2,1H3. The molecule has 1 aliphatic rings. The molecular weight excluding hydrogens is 154 g/mol. The van der Waals surface area contributed by atoms with E-state index >= 15 is 0 Å². The lowest BCUT2D eigenvalue weighted by Crippen LogP contribution is -2.18. The zero-order chi connectivity index (χ0) is 9.19. The van der Waals surface area contributed by atoms with Gasteiger partial charge in [0.05, 0.1) is 11.5 Å². The van der Waals surface area contributed by atoms with Gasteiger partial charge in [0.2, 0.25) is 0 Å². The molecule has 1 rings (SSSR count). The largest absolute Gasteiger partial charge is 0.295 e. The van der Waals surface area contributed by atoms with Crippen LogP contribution in [0.25, 0.3) is 0 Å². The van der Waals surface area contributed by atoms with Crippen LogP contribution in [0.4, 0.5) is 0 Å². The van der Waals surface area contributed by atoms with E-state index in [1.54, 1.807) is 6.92 Å². The first kappa shape index (κ1) is 8.66. The molecule has 0 aromatic rings. The number of nitrogens with zero attached hydrogens (tertiary/aromatic N) is 1. The Balaban J connectivity index is 2.93. The Morgan fingerprint density at radius 1 is 1.33 bits per heavy atom. The van der Waals surface area contributed by atoms with Crippen molar-refractivity contribution in [2.45, 2.75) is 19.8 Å². The number of rotatable bonds is 0. The first-order valence-electron chi connectivity index (χ1n) is 3.71. The van der Waals surface area contributed by atoms with Gasteiger partial charge in [-0.15, -0.1) is 0 Å². The summed E-state index contributed by atoms with van der Waals surface area (Å²) in [4.78, 5) is 22.0. The summed E-state index contributed by atoms with van der Waals surface area (Å²) < 4.78 is 0. The Labute approximate surface area is 70.7 Å². The molecule has 0 aliphatic heterocycles. The number of allylic oxidation sites excluding steroid dienone is 2. The van der Waals surface area contributed by atoms with Crippen LogP contribution in [0, 0.1) is 16.7 Å². The second-order valence-corrected chi connectivity index (χ2v) is 3.29. The summed E-state index contributed by atoms with van der Waals surface area (Å²) in [6, 6.07) is 2.00. The molecule has 0 amide bonds. The van der Waals surface area contributed by atoms with Crippen LogP contribution >= 0.6 is 0 Å². The molecule has 0 atom stereocenters. The van der Waals surface area contributed by atoms with Crippen LogP contribution in [0.1, 0.15) is 19.8 Å². The molecule has 0 saturated heterocycles. The van der Waals surface area contributed by atoms with E-state index < -0.39 is 5.41 Å². The van der Waals surface area contributed by atoms with Gasteiger partial charge in [-0.2, -0.15) is 5.26 Å². The monoisotopic (exact) mass is 163 g/mol. The van der Waals surface area contributed by atoms with E-state index in [1.807, 2.05) is 6.07 Å². The highest BCUT2D eigenvalue weighted by molar-refractivity contribution is 6.01. The third-order valence-corrected chi connectivity index (χ3v) is 1.85. The first-order chi connectivity index (χ1) is 5.56. The van der Waals surface area contributed by atoms with E-state index in [2.05, 4.69) is 0 Å². The Bertz CT molecular complexity index is 276. The molecule has 0 saturated carbocycles. The Hall–Kier alpha value is -1.43. The molecule has 3 heteroatoms. The topological polar surface area (TPSA) is 57.9 Å². The van der Waals surface area contributed by atoms with Crippen LogP contribution in [0.3, 0.4) is 0 Å². The number of nitriles is 1. The fraction of sp³-hybridized carbons (Fsp3) is 0.444. The van der Waals surface area contributed by atoms with Crippen LogP contribution < -0.4 is 0 Å². The van der Waals surface area contributed by atoms with E-state index in [9.17, 15) is 9.59 Å². The summed E-state index contributed by atoms with van der Waals surface area (Å²) in [7, 11) is 0. The third-order valence-electron chi connectivity index (χ3n) is 1.85. The van der Waals surface area contributed by atoms with E-state index in [4.69, 9.17) is 5.26 Å². The van der Waals surface area contributed by atoms with Crippen molar-refractivity contribution in [3.05, 3.63) is 12.2 Å². The molecular formula is C9H9NO2. The Kier molecular flexibility index (Phi) is 2.09. The molecule has 0 N–H and O–H groups in total. The van der Waals surface area contributed by atoms with Gasteiger partial charge >= 0.3 is 0 Å². The number of hydrogen-bond donors (Lipinski definition) is 0. The molecule has 0 heterocycles. The molecule has 0 bridgehead atoms. The molecule has 0 fully saturated rings. The average Bonchev–Trinajstić information content (AvgIpc) is 2.11. The van der Waals surface area contributed by atoms with E-state index in [0.29, 0.717) is 0 Å². The van der Waals surface area contributed by atoms with Crippen LogP contribution in [0.15, 0.2) is 12.2 Å². The molecule has 0 radical (unpaired) electrons. The number of carbonyl (C=O) groups excluding carboxylic acids is 2. The number of carbonyl (C=O) groups is 2. The van der Waals surface area contributed by atoms with Gasteiger partial charge in [0.25, 0.3) is 0 Å². The van der Waals surface area contributed by atoms with Crippen molar-refractivity contribution in [2.75, 3.05) is 0 Å². The molecule has 1 aliphatic carbocycles. The van der Waals surface area contributed by atoms with Crippen molar-refractivity contribution in [1.29, 1.82) is 5.26 Å². The predicted octanol–water partition coefficient (Wildman–Crippen LogP) is 1.00. The van der Waals surface area contributed by atoms with E-state index in [1.165, 1.54) is 12.2 Å². The maximum Gasteiger partial charge on any atom is 0.157 e. The zero-order valence-corrected chi connectivity index (χ0v) is 6.83.